The minimum absolute atomic E-state index is 0.293. The summed E-state index contributed by atoms with van der Waals surface area (Å²) < 4.78 is 10.5. The van der Waals surface area contributed by atoms with Gasteiger partial charge in [-0.2, -0.15) is 10.2 Å². The molecular weight excluding hydrogens is 340 g/mol. The minimum Gasteiger partial charge on any atom is -0.493 e. The predicted molar refractivity (Wildman–Crippen MR) is 95.4 cm³/mol. The lowest BCUT2D eigenvalue weighted by atomic mass is 10.2. The number of anilines is 1. The molecule has 1 N–H and O–H groups in total. The molecule has 128 valence electrons. The lowest BCUT2D eigenvalue weighted by molar-refractivity contribution is 0.102. The van der Waals surface area contributed by atoms with Gasteiger partial charge in [-0.1, -0.05) is 0 Å². The van der Waals surface area contributed by atoms with Crippen molar-refractivity contribution >= 4 is 22.9 Å². The summed E-state index contributed by atoms with van der Waals surface area (Å²) in [4.78, 5) is 16.8. The van der Waals surface area contributed by atoms with Crippen molar-refractivity contribution < 1.29 is 14.3 Å². The van der Waals surface area contributed by atoms with Crippen molar-refractivity contribution in [3.05, 3.63) is 47.2 Å². The van der Waals surface area contributed by atoms with Gasteiger partial charge in [0, 0.05) is 10.9 Å². The second kappa shape index (κ2) is 7.27. The Morgan fingerprint density at radius 1 is 1.16 bits per heavy atom. The maximum atomic E-state index is 12.4. The van der Waals surface area contributed by atoms with Crippen molar-refractivity contribution in [2.75, 3.05) is 19.5 Å². The summed E-state index contributed by atoms with van der Waals surface area (Å²) in [5, 5.41) is 12.9. The van der Waals surface area contributed by atoms with E-state index in [9.17, 15) is 4.79 Å². The van der Waals surface area contributed by atoms with Gasteiger partial charge in [0.2, 0.25) is 0 Å². The SMILES string of the molecule is COc1ccc(-c2nc(C(=O)Nc3ccnnc3C)cs2)cc1OC. The first-order valence-electron chi connectivity index (χ1n) is 7.40. The van der Waals surface area contributed by atoms with Crippen molar-refractivity contribution in [3.63, 3.8) is 0 Å². The number of rotatable bonds is 5. The van der Waals surface area contributed by atoms with Crippen LogP contribution in [0.1, 0.15) is 16.2 Å². The summed E-state index contributed by atoms with van der Waals surface area (Å²) in [6.07, 6.45) is 1.53. The lowest BCUT2D eigenvalue weighted by Gasteiger charge is -2.08. The molecule has 8 heteroatoms. The van der Waals surface area contributed by atoms with Crippen molar-refractivity contribution in [3.8, 4) is 22.1 Å². The number of carbonyl (C=O) groups is 1. The van der Waals surface area contributed by atoms with E-state index in [1.165, 1.54) is 17.5 Å². The number of thiazole rings is 1. The molecule has 1 aromatic carbocycles. The van der Waals surface area contributed by atoms with Gasteiger partial charge in [0.15, 0.2) is 11.5 Å². The molecule has 0 saturated heterocycles. The number of nitrogens with zero attached hydrogens (tertiary/aromatic N) is 3. The van der Waals surface area contributed by atoms with Crippen molar-refractivity contribution in [2.45, 2.75) is 6.92 Å². The standard InChI is InChI=1S/C17H16N4O3S/c1-10-12(6-7-18-21-10)19-16(22)13-9-25-17(20-13)11-4-5-14(23-2)15(8-11)24-3/h4-9H,1-3H3,(H,18,19,22). The Balaban J connectivity index is 1.83. The summed E-state index contributed by atoms with van der Waals surface area (Å²) in [7, 11) is 3.16. The average Bonchev–Trinajstić information content (AvgIpc) is 3.13. The van der Waals surface area contributed by atoms with E-state index < -0.39 is 0 Å². The molecular formula is C17H16N4O3S. The Bertz CT molecular complexity index is 910. The molecule has 0 fully saturated rings. The van der Waals surface area contributed by atoms with E-state index in [1.807, 2.05) is 12.1 Å². The molecule has 0 aliphatic carbocycles. The number of aryl methyl sites for hydroxylation is 1. The van der Waals surface area contributed by atoms with Crippen LogP contribution in [0.3, 0.4) is 0 Å². The molecule has 3 rings (SSSR count). The molecule has 0 radical (unpaired) electrons. The number of ether oxygens (including phenoxy) is 2. The van der Waals surface area contributed by atoms with Gasteiger partial charge in [-0.05, 0) is 31.2 Å². The normalized spacial score (nSPS) is 10.4. The van der Waals surface area contributed by atoms with Crippen LogP contribution in [0.4, 0.5) is 5.69 Å². The molecule has 25 heavy (non-hydrogen) atoms. The minimum atomic E-state index is -0.293. The fourth-order valence-electron chi connectivity index (χ4n) is 2.20. The summed E-state index contributed by atoms with van der Waals surface area (Å²) >= 11 is 1.38. The zero-order chi connectivity index (χ0) is 17.8. The molecule has 0 bridgehead atoms. The van der Waals surface area contributed by atoms with Gasteiger partial charge in [0.05, 0.1) is 31.8 Å². The Hall–Kier alpha value is -3.00. The second-order valence-corrected chi connectivity index (χ2v) is 5.95. The first-order chi connectivity index (χ1) is 12.1. The van der Waals surface area contributed by atoms with Crippen LogP contribution in [-0.2, 0) is 0 Å². The van der Waals surface area contributed by atoms with E-state index in [4.69, 9.17) is 9.47 Å². The van der Waals surface area contributed by atoms with Crippen LogP contribution in [0.25, 0.3) is 10.6 Å². The van der Waals surface area contributed by atoms with Gasteiger partial charge in [-0.15, -0.1) is 11.3 Å². The number of nitrogens with one attached hydrogen (secondary N) is 1. The lowest BCUT2D eigenvalue weighted by Crippen LogP contribution is -2.13. The van der Waals surface area contributed by atoms with Crippen LogP contribution in [0, 0.1) is 6.92 Å². The molecule has 2 heterocycles. The Kier molecular flexibility index (Phi) is 4.90. The number of carbonyl (C=O) groups excluding carboxylic acids is 1. The monoisotopic (exact) mass is 356 g/mol. The van der Waals surface area contributed by atoms with Crippen LogP contribution in [0.5, 0.6) is 11.5 Å². The van der Waals surface area contributed by atoms with Gasteiger partial charge >= 0.3 is 0 Å². The third-order valence-corrected chi connectivity index (χ3v) is 4.41. The molecule has 3 aromatic rings. The molecule has 0 spiro atoms. The molecule has 2 aromatic heterocycles. The van der Waals surface area contributed by atoms with E-state index in [-0.39, 0.29) is 5.91 Å². The summed E-state index contributed by atoms with van der Waals surface area (Å²) in [5.74, 6) is 0.959. The Labute approximate surface area is 148 Å². The fraction of sp³-hybridized carbons (Fsp3) is 0.176. The molecule has 0 atom stereocenters. The number of methoxy groups -OCH3 is 2. The van der Waals surface area contributed by atoms with Gasteiger partial charge in [-0.3, -0.25) is 4.79 Å². The predicted octanol–water partition coefficient (Wildman–Crippen LogP) is 3.18. The van der Waals surface area contributed by atoms with Gasteiger partial charge < -0.3 is 14.8 Å². The van der Waals surface area contributed by atoms with E-state index in [1.54, 1.807) is 38.7 Å². The second-order valence-electron chi connectivity index (χ2n) is 5.09. The number of hydrogen-bond acceptors (Lipinski definition) is 7. The van der Waals surface area contributed by atoms with E-state index in [0.717, 1.165) is 10.6 Å². The first kappa shape index (κ1) is 16.8. The van der Waals surface area contributed by atoms with E-state index in [0.29, 0.717) is 28.6 Å². The highest BCUT2D eigenvalue weighted by atomic mass is 32.1. The first-order valence-corrected chi connectivity index (χ1v) is 8.28. The van der Waals surface area contributed by atoms with Crippen LogP contribution >= 0.6 is 11.3 Å². The van der Waals surface area contributed by atoms with Gasteiger partial charge in [0.25, 0.3) is 5.91 Å². The van der Waals surface area contributed by atoms with Gasteiger partial charge in [0.1, 0.15) is 10.7 Å². The van der Waals surface area contributed by atoms with Crippen LogP contribution in [0.2, 0.25) is 0 Å². The Morgan fingerprint density at radius 3 is 2.68 bits per heavy atom. The molecule has 0 unspecified atom stereocenters. The highest BCUT2D eigenvalue weighted by Gasteiger charge is 2.14. The third-order valence-electron chi connectivity index (χ3n) is 3.52. The number of amides is 1. The highest BCUT2D eigenvalue weighted by molar-refractivity contribution is 7.13. The smallest absolute Gasteiger partial charge is 0.275 e. The van der Waals surface area contributed by atoms with Crippen LogP contribution < -0.4 is 14.8 Å². The van der Waals surface area contributed by atoms with Crippen molar-refractivity contribution in [2.24, 2.45) is 0 Å². The fourth-order valence-corrected chi connectivity index (χ4v) is 3.00. The maximum absolute atomic E-state index is 12.4. The summed E-state index contributed by atoms with van der Waals surface area (Å²) in [5.41, 5.74) is 2.45. The van der Waals surface area contributed by atoms with Crippen molar-refractivity contribution in [1.29, 1.82) is 0 Å². The largest absolute Gasteiger partial charge is 0.493 e. The topological polar surface area (TPSA) is 86.2 Å². The number of hydrogen-bond donors (Lipinski definition) is 1. The molecule has 0 saturated carbocycles. The summed E-state index contributed by atoms with van der Waals surface area (Å²) in [6, 6.07) is 7.21. The van der Waals surface area contributed by atoms with Gasteiger partial charge in [-0.25, -0.2) is 4.98 Å². The van der Waals surface area contributed by atoms with E-state index in [2.05, 4.69) is 20.5 Å². The zero-order valence-corrected chi connectivity index (χ0v) is 14.8. The average molecular weight is 356 g/mol. The third kappa shape index (κ3) is 3.58. The molecule has 0 aliphatic rings. The Morgan fingerprint density at radius 2 is 1.96 bits per heavy atom. The molecule has 0 aliphatic heterocycles. The molecule has 7 nitrogen and oxygen atoms in total. The maximum Gasteiger partial charge on any atom is 0.275 e. The van der Waals surface area contributed by atoms with Crippen molar-refractivity contribution in [1.82, 2.24) is 15.2 Å². The van der Waals surface area contributed by atoms with Crippen LogP contribution in [0.15, 0.2) is 35.8 Å². The number of aromatic nitrogens is 3. The summed E-state index contributed by atoms with van der Waals surface area (Å²) in [6.45, 7) is 1.78. The zero-order valence-electron chi connectivity index (χ0n) is 13.9. The number of benzene rings is 1. The van der Waals surface area contributed by atoms with Crippen LogP contribution in [-0.4, -0.2) is 35.3 Å². The quantitative estimate of drug-likeness (QED) is 0.756. The molecule has 1 amide bonds. The highest BCUT2D eigenvalue weighted by Crippen LogP contribution is 2.33. The van der Waals surface area contributed by atoms with E-state index >= 15 is 0 Å².